The molecule has 0 saturated carbocycles. The number of halogens is 2. The first-order chi connectivity index (χ1) is 17.3. The molecule has 3 N–H and O–H groups in total. The summed E-state index contributed by atoms with van der Waals surface area (Å²) in [6.07, 6.45) is -4.45. The van der Waals surface area contributed by atoms with E-state index in [1.165, 1.54) is 7.11 Å². The van der Waals surface area contributed by atoms with Crippen LogP contribution in [-0.2, 0) is 25.2 Å². The number of rotatable bonds is 8. The average Bonchev–Trinajstić information content (AvgIpc) is 3.36. The maximum Gasteiger partial charge on any atom is 0.469 e. The number of hydrogen-bond donors (Lipinski definition) is 3. The van der Waals surface area contributed by atoms with Crippen LogP contribution in [0.15, 0.2) is 39.7 Å². The molecule has 1 aliphatic rings. The molecule has 0 radical (unpaired) electrons. The van der Waals surface area contributed by atoms with Crippen LogP contribution in [0.1, 0.15) is 24.0 Å². The van der Waals surface area contributed by atoms with E-state index in [-0.39, 0.29) is 12.4 Å². The van der Waals surface area contributed by atoms with Gasteiger partial charge in [0.05, 0.1) is 19.8 Å². The zero-order valence-corrected chi connectivity index (χ0v) is 20.3. The van der Waals surface area contributed by atoms with Crippen LogP contribution in [0.25, 0.3) is 11.0 Å². The molecule has 0 unspecified atom stereocenters. The largest absolute Gasteiger partial charge is 0.497 e. The fourth-order valence-corrected chi connectivity index (χ4v) is 4.12. The summed E-state index contributed by atoms with van der Waals surface area (Å²) in [5.41, 5.74) is 0.263. The number of aryl methyl sites for hydroxylation is 1. The predicted octanol–water partition coefficient (Wildman–Crippen LogP) is 3.09. The summed E-state index contributed by atoms with van der Waals surface area (Å²) in [7, 11) is -3.35. The summed E-state index contributed by atoms with van der Waals surface area (Å²) >= 11 is 0. The lowest BCUT2D eigenvalue weighted by atomic mass is 10.1. The van der Waals surface area contributed by atoms with Crippen LogP contribution in [-0.4, -0.2) is 51.2 Å². The van der Waals surface area contributed by atoms with Gasteiger partial charge >= 0.3 is 19.6 Å². The fraction of sp³-hybridized carbons (Fsp3) is 0.381. The molecule has 200 valence electrons. The molecule has 13 nitrogen and oxygen atoms in total. The third kappa shape index (κ3) is 6.32. The lowest BCUT2D eigenvalue weighted by Gasteiger charge is -2.20. The highest BCUT2D eigenvalue weighted by Gasteiger charge is 2.52. The van der Waals surface area contributed by atoms with Gasteiger partial charge in [-0.05, 0) is 36.8 Å². The van der Waals surface area contributed by atoms with Crippen LogP contribution >= 0.6 is 7.82 Å². The van der Waals surface area contributed by atoms with Crippen LogP contribution in [0.5, 0.6) is 5.75 Å². The van der Waals surface area contributed by atoms with E-state index in [0.29, 0.717) is 21.7 Å². The number of benzene rings is 1. The van der Waals surface area contributed by atoms with Crippen molar-refractivity contribution >= 4 is 30.7 Å². The second-order valence-corrected chi connectivity index (χ2v) is 9.38. The van der Waals surface area contributed by atoms with Crippen molar-refractivity contribution in [2.75, 3.05) is 19.0 Å². The number of carbonyl (C=O) groups is 1. The van der Waals surface area contributed by atoms with Crippen LogP contribution in [0.4, 0.5) is 19.4 Å². The Labute approximate surface area is 207 Å². The highest BCUT2D eigenvalue weighted by atomic mass is 31.2. The number of methoxy groups -OCH3 is 1. The zero-order valence-electron chi connectivity index (χ0n) is 19.4. The maximum absolute atomic E-state index is 14.4. The molecular weight excluding hydrogens is 523 g/mol. The summed E-state index contributed by atoms with van der Waals surface area (Å²) in [6.45, 7) is 0.796. The number of fused-ring (bicyclic) bond motifs is 1. The molecule has 2 aromatic heterocycles. The number of anilines is 1. The lowest BCUT2D eigenvalue weighted by Crippen LogP contribution is -2.35. The smallest absolute Gasteiger partial charge is 0.469 e. The standard InChI is InChI=1S/C21H22F2N3O10P/c1-11-5-13(32-2)6-12-7-14(35-17(11)12)9-33-20(28)25-16-3-4-26(19(27)24-16)18-21(22,23)8-15(36-18)10-34-37(29,30)31/h3-7,15,18H,8-10H2,1-2H3,(H2,29,30,31)(H,24,25,27,28)/t15-,18+/m0/s1. The van der Waals surface area contributed by atoms with Gasteiger partial charge in [-0.15, -0.1) is 0 Å². The number of carbonyl (C=O) groups excluding carboxylic acids is 1. The minimum atomic E-state index is -4.89. The maximum atomic E-state index is 14.4. The van der Waals surface area contributed by atoms with Crippen molar-refractivity contribution in [3.8, 4) is 5.75 Å². The Morgan fingerprint density at radius 1 is 1.35 bits per heavy atom. The van der Waals surface area contributed by atoms with Gasteiger partial charge in [0.1, 0.15) is 22.9 Å². The Morgan fingerprint density at radius 2 is 2.11 bits per heavy atom. The van der Waals surface area contributed by atoms with Crippen LogP contribution < -0.4 is 15.7 Å². The van der Waals surface area contributed by atoms with Gasteiger partial charge in [-0.2, -0.15) is 4.98 Å². The van der Waals surface area contributed by atoms with Crippen LogP contribution in [0.3, 0.4) is 0 Å². The molecule has 3 aromatic rings. The summed E-state index contributed by atoms with van der Waals surface area (Å²) in [6, 6.07) is 6.31. The van der Waals surface area contributed by atoms with Gasteiger partial charge < -0.3 is 28.4 Å². The van der Waals surface area contributed by atoms with Crippen molar-refractivity contribution in [3.05, 3.63) is 52.3 Å². The van der Waals surface area contributed by atoms with Crippen molar-refractivity contribution in [2.45, 2.75) is 38.2 Å². The number of aromatic nitrogens is 2. The van der Waals surface area contributed by atoms with Gasteiger partial charge in [-0.25, -0.2) is 22.9 Å². The van der Waals surface area contributed by atoms with Crippen molar-refractivity contribution in [1.29, 1.82) is 0 Å². The van der Waals surface area contributed by atoms with E-state index in [1.54, 1.807) is 18.2 Å². The fourth-order valence-electron chi connectivity index (χ4n) is 3.76. The summed E-state index contributed by atoms with van der Waals surface area (Å²) in [4.78, 5) is 45.5. The molecule has 4 rings (SSSR count). The summed E-state index contributed by atoms with van der Waals surface area (Å²) < 4.78 is 65.3. The van der Waals surface area contributed by atoms with Crippen molar-refractivity contribution < 1.29 is 51.1 Å². The monoisotopic (exact) mass is 545 g/mol. The molecule has 16 heteroatoms. The quantitative estimate of drug-likeness (QED) is 0.355. The number of phosphoric acid groups is 1. The number of hydrogen-bond acceptors (Lipinski definition) is 9. The van der Waals surface area contributed by atoms with Crippen LogP contribution in [0, 0.1) is 6.92 Å². The Morgan fingerprint density at radius 3 is 2.78 bits per heavy atom. The molecule has 37 heavy (non-hydrogen) atoms. The number of ether oxygens (including phenoxy) is 3. The van der Waals surface area contributed by atoms with E-state index in [0.717, 1.165) is 23.2 Å². The Bertz CT molecular complexity index is 1420. The number of nitrogens with zero attached hydrogens (tertiary/aromatic N) is 2. The molecule has 1 amide bonds. The van der Waals surface area contributed by atoms with Gasteiger partial charge in [-0.3, -0.25) is 14.4 Å². The van der Waals surface area contributed by atoms with E-state index >= 15 is 0 Å². The van der Waals surface area contributed by atoms with E-state index < -0.39 is 50.9 Å². The van der Waals surface area contributed by atoms with E-state index in [4.69, 9.17) is 28.4 Å². The third-order valence-electron chi connectivity index (χ3n) is 5.33. The lowest BCUT2D eigenvalue weighted by molar-refractivity contribution is -0.119. The minimum absolute atomic E-state index is 0.237. The summed E-state index contributed by atoms with van der Waals surface area (Å²) in [5, 5.41) is 2.97. The number of phosphoric ester groups is 1. The highest BCUT2D eigenvalue weighted by Crippen LogP contribution is 2.44. The van der Waals surface area contributed by atoms with Gasteiger partial charge in [0.2, 0.25) is 6.23 Å². The number of nitrogens with one attached hydrogen (secondary N) is 1. The average molecular weight is 545 g/mol. The first-order valence-corrected chi connectivity index (χ1v) is 12.2. The summed E-state index contributed by atoms with van der Waals surface area (Å²) in [5.74, 6) is -2.83. The van der Waals surface area contributed by atoms with E-state index in [1.807, 2.05) is 6.92 Å². The molecule has 1 aromatic carbocycles. The SMILES string of the molecule is COc1cc(C)c2oc(COC(=O)Nc3ccn([C@@H]4O[C@H](COP(=O)(O)O)CC4(F)F)c(=O)n3)cc2c1. The van der Waals surface area contributed by atoms with Crippen molar-refractivity contribution in [2.24, 2.45) is 0 Å². The Balaban J connectivity index is 1.37. The predicted molar refractivity (Wildman–Crippen MR) is 121 cm³/mol. The van der Waals surface area contributed by atoms with E-state index in [2.05, 4.69) is 14.8 Å². The van der Waals surface area contributed by atoms with Gasteiger partial charge in [-0.1, -0.05) is 0 Å². The number of furan rings is 1. The molecule has 3 heterocycles. The molecule has 0 bridgehead atoms. The normalized spacial score (nSPS) is 19.2. The highest BCUT2D eigenvalue weighted by molar-refractivity contribution is 7.46. The minimum Gasteiger partial charge on any atom is -0.497 e. The molecule has 0 spiro atoms. The zero-order chi connectivity index (χ0) is 27.0. The first-order valence-electron chi connectivity index (χ1n) is 10.7. The Hall–Kier alpha value is -3.36. The number of amides is 1. The van der Waals surface area contributed by atoms with Gasteiger partial charge in [0.15, 0.2) is 6.61 Å². The molecule has 0 aliphatic carbocycles. The van der Waals surface area contributed by atoms with Gasteiger partial charge in [0.25, 0.3) is 5.92 Å². The molecule has 2 atom stereocenters. The molecule has 1 aliphatic heterocycles. The van der Waals surface area contributed by atoms with E-state index in [9.17, 15) is 22.9 Å². The first kappa shape index (κ1) is 26.7. The van der Waals surface area contributed by atoms with Crippen LogP contribution in [0.2, 0.25) is 0 Å². The third-order valence-corrected chi connectivity index (χ3v) is 5.82. The molecule has 1 saturated heterocycles. The van der Waals surface area contributed by atoms with Crippen molar-refractivity contribution in [3.63, 3.8) is 0 Å². The number of alkyl halides is 2. The van der Waals surface area contributed by atoms with Crippen molar-refractivity contribution in [1.82, 2.24) is 9.55 Å². The topological polar surface area (TPSA) is 172 Å². The second kappa shape index (κ2) is 10.2. The molecular formula is C21H22F2N3O10P. The second-order valence-electron chi connectivity index (χ2n) is 8.14. The van der Waals surface area contributed by atoms with Gasteiger partial charge in [0, 0.05) is 18.0 Å². The molecule has 1 fully saturated rings. The Kier molecular flexibility index (Phi) is 7.35.